The van der Waals surface area contributed by atoms with E-state index in [0.717, 1.165) is 52.2 Å². The number of hydrogen-bond acceptors (Lipinski definition) is 5. The van der Waals surface area contributed by atoms with Gasteiger partial charge >= 0.3 is 0 Å². The average Bonchev–Trinajstić information content (AvgIpc) is 3.47. The molecule has 0 aromatic heterocycles. The van der Waals surface area contributed by atoms with Crippen LogP contribution in [0.15, 0.2) is 71.6 Å². The second-order valence-electron chi connectivity index (χ2n) is 11.2. The third kappa shape index (κ3) is 7.50. The van der Waals surface area contributed by atoms with Gasteiger partial charge in [-0.05, 0) is 93.6 Å². The number of anilines is 1. The van der Waals surface area contributed by atoms with Gasteiger partial charge in [-0.25, -0.2) is 8.42 Å². The van der Waals surface area contributed by atoms with Crippen LogP contribution in [-0.4, -0.2) is 50.9 Å². The maximum atomic E-state index is 14.2. The van der Waals surface area contributed by atoms with Crippen LogP contribution in [0.2, 0.25) is 0 Å². The molecule has 0 aliphatic heterocycles. The number of carbonyl (C=O) groups is 2. The largest absolute Gasteiger partial charge is 0.497 e. The summed E-state index contributed by atoms with van der Waals surface area (Å²) in [5.41, 5.74) is 3.83. The van der Waals surface area contributed by atoms with Crippen molar-refractivity contribution in [3.8, 4) is 5.75 Å². The van der Waals surface area contributed by atoms with Crippen molar-refractivity contribution in [2.45, 2.75) is 76.9 Å². The molecule has 0 bridgehead atoms. The molecule has 0 saturated heterocycles. The topological polar surface area (TPSA) is 96.0 Å². The van der Waals surface area contributed by atoms with Crippen molar-refractivity contribution in [2.75, 3.05) is 18.0 Å². The van der Waals surface area contributed by atoms with Crippen LogP contribution >= 0.6 is 0 Å². The summed E-state index contributed by atoms with van der Waals surface area (Å²) in [6.45, 7) is 7.00. The fourth-order valence-corrected chi connectivity index (χ4v) is 6.80. The van der Waals surface area contributed by atoms with E-state index in [2.05, 4.69) is 5.32 Å². The molecule has 4 rings (SSSR count). The summed E-state index contributed by atoms with van der Waals surface area (Å²) in [6.07, 6.45) is 3.95. The van der Waals surface area contributed by atoms with Gasteiger partial charge in [0.05, 0.1) is 17.7 Å². The second-order valence-corrected chi connectivity index (χ2v) is 13.1. The molecule has 3 aromatic rings. The molecule has 3 aromatic carbocycles. The van der Waals surface area contributed by atoms with E-state index in [1.807, 2.05) is 51.1 Å². The highest BCUT2D eigenvalue weighted by atomic mass is 32.2. The number of benzene rings is 3. The molecule has 1 atom stereocenters. The highest BCUT2D eigenvalue weighted by Crippen LogP contribution is 2.27. The maximum Gasteiger partial charge on any atom is 0.264 e. The molecule has 1 N–H and O–H groups in total. The van der Waals surface area contributed by atoms with Gasteiger partial charge in [-0.1, -0.05) is 48.7 Å². The SMILES string of the molecule is COc1cccc(CN(C(=O)CN(c2cc(C)cc(C)c2)S(=O)(=O)c2ccc(C)cc2)[C@H](C)C(=O)NC2CCCC2)c1. The Kier molecular flexibility index (Phi) is 9.93. The molecule has 8 nitrogen and oxygen atoms in total. The molecule has 0 radical (unpaired) electrons. The van der Waals surface area contributed by atoms with Gasteiger partial charge in [0.15, 0.2) is 0 Å². The van der Waals surface area contributed by atoms with Gasteiger partial charge < -0.3 is 15.0 Å². The summed E-state index contributed by atoms with van der Waals surface area (Å²) in [7, 11) is -2.55. The molecule has 0 unspecified atom stereocenters. The molecular formula is C33H41N3O5S. The molecule has 1 aliphatic rings. The predicted octanol–water partition coefficient (Wildman–Crippen LogP) is 5.29. The van der Waals surface area contributed by atoms with Crippen molar-refractivity contribution in [3.05, 3.63) is 89.0 Å². The Balaban J connectivity index is 1.72. The Labute approximate surface area is 249 Å². The number of amides is 2. The third-order valence-corrected chi connectivity index (χ3v) is 9.53. The standard InChI is InChI=1S/C33H41N3O5S/c1-23-13-15-31(16-14-23)42(39,40)36(29-18-24(2)17-25(3)19-29)22-32(37)35(21-27-9-8-12-30(20-27)41-5)26(4)33(38)34-28-10-6-7-11-28/h8-9,12-20,26,28H,6-7,10-11,21-22H2,1-5H3,(H,34,38)/t26-/m1/s1. The minimum absolute atomic E-state index is 0.0856. The molecule has 42 heavy (non-hydrogen) atoms. The highest BCUT2D eigenvalue weighted by molar-refractivity contribution is 7.92. The van der Waals surface area contributed by atoms with E-state index < -0.39 is 28.5 Å². The molecule has 1 aliphatic carbocycles. The smallest absolute Gasteiger partial charge is 0.264 e. The molecule has 224 valence electrons. The van der Waals surface area contributed by atoms with Crippen LogP contribution in [0.3, 0.4) is 0 Å². The van der Waals surface area contributed by atoms with E-state index in [-0.39, 0.29) is 23.4 Å². The van der Waals surface area contributed by atoms with E-state index in [4.69, 9.17) is 4.74 Å². The molecular weight excluding hydrogens is 550 g/mol. The number of ether oxygens (including phenoxy) is 1. The van der Waals surface area contributed by atoms with Crippen molar-refractivity contribution in [3.63, 3.8) is 0 Å². The summed E-state index contributed by atoms with van der Waals surface area (Å²) in [4.78, 5) is 29.1. The number of aryl methyl sites for hydroxylation is 3. The third-order valence-electron chi connectivity index (χ3n) is 7.74. The van der Waals surface area contributed by atoms with Crippen LogP contribution in [0.1, 0.15) is 54.9 Å². The normalized spacial score (nSPS) is 14.3. The lowest BCUT2D eigenvalue weighted by molar-refractivity contribution is -0.139. The summed E-state index contributed by atoms with van der Waals surface area (Å²) in [5.74, 6) is -0.110. The van der Waals surface area contributed by atoms with E-state index in [1.165, 1.54) is 4.90 Å². The first-order valence-corrected chi connectivity index (χ1v) is 15.8. The second kappa shape index (κ2) is 13.4. The van der Waals surface area contributed by atoms with Gasteiger partial charge in [0, 0.05) is 12.6 Å². The van der Waals surface area contributed by atoms with Crippen LogP contribution in [0, 0.1) is 20.8 Å². The van der Waals surface area contributed by atoms with Gasteiger partial charge in [0.2, 0.25) is 11.8 Å². The zero-order valence-electron chi connectivity index (χ0n) is 25.1. The number of nitrogens with zero attached hydrogens (tertiary/aromatic N) is 2. The fraction of sp³-hybridized carbons (Fsp3) is 0.394. The van der Waals surface area contributed by atoms with Crippen molar-refractivity contribution < 1.29 is 22.7 Å². The maximum absolute atomic E-state index is 14.2. The van der Waals surface area contributed by atoms with Crippen LogP contribution in [0.25, 0.3) is 0 Å². The summed E-state index contributed by atoms with van der Waals surface area (Å²) in [5, 5.41) is 3.09. The fourth-order valence-electron chi connectivity index (χ4n) is 5.40. The van der Waals surface area contributed by atoms with Crippen LogP contribution in [-0.2, 0) is 26.2 Å². The lowest BCUT2D eigenvalue weighted by Gasteiger charge is -2.32. The van der Waals surface area contributed by atoms with Crippen LogP contribution in [0.4, 0.5) is 5.69 Å². The Bertz CT molecular complexity index is 1490. The zero-order valence-corrected chi connectivity index (χ0v) is 25.9. The lowest BCUT2D eigenvalue weighted by atomic mass is 10.1. The Hall–Kier alpha value is -3.85. The van der Waals surface area contributed by atoms with Gasteiger partial charge in [-0.2, -0.15) is 0 Å². The van der Waals surface area contributed by atoms with Crippen molar-refractivity contribution in [2.24, 2.45) is 0 Å². The van der Waals surface area contributed by atoms with E-state index in [0.29, 0.717) is 11.4 Å². The summed E-state index contributed by atoms with van der Waals surface area (Å²) < 4.78 is 34.6. The number of nitrogens with one attached hydrogen (secondary N) is 1. The molecule has 1 fully saturated rings. The Morgan fingerprint density at radius 3 is 2.19 bits per heavy atom. The van der Waals surface area contributed by atoms with Gasteiger partial charge in [-0.15, -0.1) is 0 Å². The number of hydrogen-bond donors (Lipinski definition) is 1. The Morgan fingerprint density at radius 2 is 1.57 bits per heavy atom. The molecule has 1 saturated carbocycles. The number of rotatable bonds is 11. The van der Waals surface area contributed by atoms with Crippen molar-refractivity contribution in [1.82, 2.24) is 10.2 Å². The summed E-state index contributed by atoms with van der Waals surface area (Å²) >= 11 is 0. The average molecular weight is 592 g/mol. The monoisotopic (exact) mass is 591 g/mol. The van der Waals surface area contributed by atoms with Gasteiger partial charge in [0.1, 0.15) is 18.3 Å². The number of methoxy groups -OCH3 is 1. The first-order chi connectivity index (χ1) is 20.0. The molecule has 0 spiro atoms. The molecule has 0 heterocycles. The molecule has 9 heteroatoms. The minimum Gasteiger partial charge on any atom is -0.497 e. The first kappa shape index (κ1) is 31.1. The van der Waals surface area contributed by atoms with Crippen molar-refractivity contribution in [1.29, 1.82) is 0 Å². The minimum atomic E-state index is -4.12. The van der Waals surface area contributed by atoms with E-state index in [9.17, 15) is 18.0 Å². The molecule has 2 amide bonds. The number of carbonyl (C=O) groups excluding carboxylic acids is 2. The van der Waals surface area contributed by atoms with Crippen LogP contribution < -0.4 is 14.4 Å². The summed E-state index contributed by atoms with van der Waals surface area (Å²) in [6, 6.07) is 18.6. The number of sulfonamides is 1. The van der Waals surface area contributed by atoms with Crippen LogP contribution in [0.5, 0.6) is 5.75 Å². The Morgan fingerprint density at radius 1 is 0.929 bits per heavy atom. The zero-order chi connectivity index (χ0) is 30.4. The van der Waals surface area contributed by atoms with Gasteiger partial charge in [0.25, 0.3) is 10.0 Å². The first-order valence-electron chi connectivity index (χ1n) is 14.4. The lowest BCUT2D eigenvalue weighted by Crippen LogP contribution is -2.52. The van der Waals surface area contributed by atoms with Crippen molar-refractivity contribution >= 4 is 27.5 Å². The predicted molar refractivity (Wildman–Crippen MR) is 165 cm³/mol. The quantitative estimate of drug-likeness (QED) is 0.327. The highest BCUT2D eigenvalue weighted by Gasteiger charge is 2.33. The van der Waals surface area contributed by atoms with Gasteiger partial charge in [-0.3, -0.25) is 13.9 Å². The van der Waals surface area contributed by atoms with E-state index in [1.54, 1.807) is 50.4 Å². The van der Waals surface area contributed by atoms with E-state index >= 15 is 0 Å².